The molecule has 0 unspecified atom stereocenters. The minimum Gasteiger partial charge on any atom is -0.486 e. The SMILES string of the molecule is O=C(c1cccc(-n2cnnn2)c1)N1CCN(S(=O)(=O)c2ccc3c(c2)OCCO3)CC1. The summed E-state index contributed by atoms with van der Waals surface area (Å²) in [6.45, 7) is 1.81. The lowest BCUT2D eigenvalue weighted by atomic mass is 10.1. The Kier molecular flexibility index (Phi) is 5.23. The molecule has 3 heterocycles. The molecule has 12 heteroatoms. The first kappa shape index (κ1) is 20.4. The molecule has 1 saturated heterocycles. The highest BCUT2D eigenvalue weighted by atomic mass is 32.2. The normalized spacial score (nSPS) is 16.7. The van der Waals surface area contributed by atoms with Gasteiger partial charge in [-0.2, -0.15) is 4.31 Å². The van der Waals surface area contributed by atoms with Crippen molar-refractivity contribution in [2.24, 2.45) is 0 Å². The van der Waals surface area contributed by atoms with Crippen LogP contribution >= 0.6 is 0 Å². The Bertz CT molecular complexity index is 1240. The third-order valence-electron chi connectivity index (χ3n) is 5.38. The van der Waals surface area contributed by atoms with E-state index in [-0.39, 0.29) is 37.0 Å². The number of nitrogens with zero attached hydrogens (tertiary/aromatic N) is 6. The molecule has 0 radical (unpaired) electrons. The first-order valence-corrected chi connectivity index (χ1v) is 11.5. The summed E-state index contributed by atoms with van der Waals surface area (Å²) in [7, 11) is -3.71. The number of fused-ring (bicyclic) bond motifs is 1. The zero-order chi connectivity index (χ0) is 22.1. The van der Waals surface area contributed by atoms with Gasteiger partial charge in [0.05, 0.1) is 10.6 Å². The monoisotopic (exact) mass is 456 g/mol. The van der Waals surface area contributed by atoms with Gasteiger partial charge in [0.1, 0.15) is 19.5 Å². The molecular weight excluding hydrogens is 436 g/mol. The lowest BCUT2D eigenvalue weighted by molar-refractivity contribution is 0.0698. The maximum absolute atomic E-state index is 13.1. The molecule has 0 atom stereocenters. The second kappa shape index (κ2) is 8.20. The Morgan fingerprint density at radius 1 is 0.938 bits per heavy atom. The highest BCUT2D eigenvalue weighted by Crippen LogP contribution is 2.33. The van der Waals surface area contributed by atoms with E-state index < -0.39 is 10.0 Å². The predicted molar refractivity (Wildman–Crippen MR) is 111 cm³/mol. The molecule has 2 aliphatic rings. The Balaban J connectivity index is 1.28. The van der Waals surface area contributed by atoms with Crippen molar-refractivity contribution >= 4 is 15.9 Å². The van der Waals surface area contributed by atoms with Crippen molar-refractivity contribution in [1.82, 2.24) is 29.4 Å². The van der Waals surface area contributed by atoms with Gasteiger partial charge in [0.15, 0.2) is 11.5 Å². The quantitative estimate of drug-likeness (QED) is 0.559. The minimum atomic E-state index is -3.71. The number of hydrogen-bond donors (Lipinski definition) is 0. The van der Waals surface area contributed by atoms with Gasteiger partial charge in [-0.05, 0) is 40.8 Å². The first-order valence-electron chi connectivity index (χ1n) is 10.0. The fourth-order valence-electron chi connectivity index (χ4n) is 3.71. The van der Waals surface area contributed by atoms with Crippen LogP contribution < -0.4 is 9.47 Å². The van der Waals surface area contributed by atoms with Gasteiger partial charge in [0, 0.05) is 37.8 Å². The maximum atomic E-state index is 13.1. The number of piperazine rings is 1. The number of hydrogen-bond acceptors (Lipinski definition) is 8. The second-order valence-corrected chi connectivity index (χ2v) is 9.24. The Labute approximate surface area is 184 Å². The Morgan fingerprint density at radius 2 is 1.72 bits per heavy atom. The molecule has 1 fully saturated rings. The van der Waals surface area contributed by atoms with Gasteiger partial charge in [-0.25, -0.2) is 13.1 Å². The molecule has 0 N–H and O–H groups in total. The highest BCUT2D eigenvalue weighted by molar-refractivity contribution is 7.89. The molecule has 3 aromatic rings. The van der Waals surface area contributed by atoms with Crippen molar-refractivity contribution in [2.75, 3.05) is 39.4 Å². The number of sulfonamides is 1. The fraction of sp³-hybridized carbons (Fsp3) is 0.300. The molecule has 2 aliphatic heterocycles. The van der Waals surface area contributed by atoms with E-state index >= 15 is 0 Å². The number of tetrazole rings is 1. The second-order valence-electron chi connectivity index (χ2n) is 7.31. The third kappa shape index (κ3) is 3.78. The molecule has 166 valence electrons. The summed E-state index contributed by atoms with van der Waals surface area (Å²) in [5.74, 6) is 0.791. The molecule has 1 amide bonds. The molecule has 32 heavy (non-hydrogen) atoms. The summed E-state index contributed by atoms with van der Waals surface area (Å²) in [6.07, 6.45) is 1.45. The van der Waals surface area contributed by atoms with E-state index in [1.807, 2.05) is 0 Å². The van der Waals surface area contributed by atoms with Crippen LogP contribution in [0.15, 0.2) is 53.7 Å². The summed E-state index contributed by atoms with van der Waals surface area (Å²) in [6, 6.07) is 11.6. The van der Waals surface area contributed by atoms with E-state index in [4.69, 9.17) is 9.47 Å². The molecule has 11 nitrogen and oxygen atoms in total. The third-order valence-corrected chi connectivity index (χ3v) is 7.28. The van der Waals surface area contributed by atoms with Gasteiger partial charge in [-0.15, -0.1) is 5.10 Å². The average molecular weight is 456 g/mol. The van der Waals surface area contributed by atoms with Crippen LogP contribution in [0.1, 0.15) is 10.4 Å². The van der Waals surface area contributed by atoms with E-state index in [0.717, 1.165) is 0 Å². The zero-order valence-electron chi connectivity index (χ0n) is 17.0. The number of benzene rings is 2. The van der Waals surface area contributed by atoms with Crippen LogP contribution in [0, 0.1) is 0 Å². The summed E-state index contributed by atoms with van der Waals surface area (Å²) in [5, 5.41) is 11.0. The molecule has 2 aromatic carbocycles. The van der Waals surface area contributed by atoms with E-state index in [2.05, 4.69) is 15.5 Å². The van der Waals surface area contributed by atoms with Gasteiger partial charge in [0.2, 0.25) is 10.0 Å². The molecule has 5 rings (SSSR count). The summed E-state index contributed by atoms with van der Waals surface area (Å²) in [4.78, 5) is 14.8. The van der Waals surface area contributed by atoms with Crippen molar-refractivity contribution < 1.29 is 22.7 Å². The molecular formula is C20H20N6O5S. The smallest absolute Gasteiger partial charge is 0.254 e. The lowest BCUT2D eigenvalue weighted by Gasteiger charge is -2.34. The van der Waals surface area contributed by atoms with Crippen LogP contribution in [-0.4, -0.2) is 83.1 Å². The van der Waals surface area contributed by atoms with Crippen molar-refractivity contribution in [2.45, 2.75) is 4.90 Å². The lowest BCUT2D eigenvalue weighted by Crippen LogP contribution is -2.50. The van der Waals surface area contributed by atoms with Crippen LogP contribution in [0.5, 0.6) is 11.5 Å². The number of aromatic nitrogens is 4. The van der Waals surface area contributed by atoms with Gasteiger partial charge in [-0.3, -0.25) is 4.79 Å². The standard InChI is InChI=1S/C20H20N6O5S/c27-20(15-2-1-3-16(12-15)26-14-21-22-23-26)24-6-8-25(9-7-24)32(28,29)17-4-5-18-19(13-17)31-11-10-30-18/h1-5,12-14H,6-11H2. The van der Waals surface area contributed by atoms with Crippen LogP contribution in [0.2, 0.25) is 0 Å². The maximum Gasteiger partial charge on any atom is 0.254 e. The largest absolute Gasteiger partial charge is 0.486 e. The summed E-state index contributed by atoms with van der Waals surface area (Å²) in [5.41, 5.74) is 1.15. The van der Waals surface area contributed by atoms with E-state index in [1.54, 1.807) is 35.2 Å². The van der Waals surface area contributed by atoms with Crippen LogP contribution in [-0.2, 0) is 10.0 Å². The molecule has 0 saturated carbocycles. The summed E-state index contributed by atoms with van der Waals surface area (Å²) < 4.78 is 40.0. The van der Waals surface area contributed by atoms with Gasteiger partial charge in [0.25, 0.3) is 5.91 Å². The highest BCUT2D eigenvalue weighted by Gasteiger charge is 2.31. The van der Waals surface area contributed by atoms with E-state index in [1.165, 1.54) is 27.4 Å². The molecule has 0 bridgehead atoms. The molecule has 0 spiro atoms. The summed E-state index contributed by atoms with van der Waals surface area (Å²) >= 11 is 0. The zero-order valence-corrected chi connectivity index (χ0v) is 17.8. The van der Waals surface area contributed by atoms with Crippen LogP contribution in [0.3, 0.4) is 0 Å². The Morgan fingerprint density at radius 3 is 2.47 bits per heavy atom. The van der Waals surface area contributed by atoms with E-state index in [0.29, 0.717) is 36.0 Å². The van der Waals surface area contributed by atoms with Crippen molar-refractivity contribution in [3.63, 3.8) is 0 Å². The van der Waals surface area contributed by atoms with Crippen LogP contribution in [0.25, 0.3) is 5.69 Å². The number of carbonyl (C=O) groups excluding carboxylic acids is 1. The first-order chi connectivity index (χ1) is 15.5. The fourth-order valence-corrected chi connectivity index (χ4v) is 5.15. The topological polar surface area (TPSA) is 120 Å². The minimum absolute atomic E-state index is 0.149. The van der Waals surface area contributed by atoms with E-state index in [9.17, 15) is 13.2 Å². The van der Waals surface area contributed by atoms with Crippen molar-refractivity contribution in [3.05, 3.63) is 54.4 Å². The Hall–Kier alpha value is -3.51. The van der Waals surface area contributed by atoms with Gasteiger partial charge in [-0.1, -0.05) is 6.07 Å². The number of amides is 1. The number of ether oxygens (including phenoxy) is 2. The number of carbonyl (C=O) groups is 1. The predicted octanol–water partition coefficient (Wildman–Crippen LogP) is 0.580. The van der Waals surface area contributed by atoms with Crippen molar-refractivity contribution in [3.8, 4) is 17.2 Å². The molecule has 1 aromatic heterocycles. The van der Waals surface area contributed by atoms with Gasteiger partial charge >= 0.3 is 0 Å². The average Bonchev–Trinajstić information content (AvgIpc) is 3.39. The number of rotatable bonds is 4. The molecule has 0 aliphatic carbocycles. The van der Waals surface area contributed by atoms with Gasteiger partial charge < -0.3 is 14.4 Å². The van der Waals surface area contributed by atoms with Crippen molar-refractivity contribution in [1.29, 1.82) is 0 Å². The van der Waals surface area contributed by atoms with Crippen LogP contribution in [0.4, 0.5) is 0 Å².